The van der Waals surface area contributed by atoms with Gasteiger partial charge in [0.05, 0.1) is 0 Å². The second-order valence-electron chi connectivity index (χ2n) is 3.29. The van der Waals surface area contributed by atoms with E-state index in [-0.39, 0.29) is 5.56 Å². The zero-order valence-electron chi connectivity index (χ0n) is 7.99. The molecular weight excluding hydrogens is 209 g/mol. The number of benzene rings is 1. The Bertz CT molecular complexity index is 336. The number of aliphatic hydroxyl groups is 2. The highest BCUT2D eigenvalue weighted by Crippen LogP contribution is 2.31. The smallest absolute Gasteiger partial charge is 0.385 e. The molecule has 2 N–H and O–H groups in total. The quantitative estimate of drug-likeness (QED) is 0.799. The Hall–Kier alpha value is -1.07. The van der Waals surface area contributed by atoms with E-state index in [0.29, 0.717) is 5.56 Å². The first-order valence-electron chi connectivity index (χ1n) is 4.32. The van der Waals surface area contributed by atoms with Crippen LogP contribution in [0.2, 0.25) is 0 Å². The van der Waals surface area contributed by atoms with Crippen molar-refractivity contribution in [3.8, 4) is 0 Å². The van der Waals surface area contributed by atoms with Crippen LogP contribution in [0.4, 0.5) is 13.2 Å². The molecule has 0 spiro atoms. The molecule has 1 rings (SSSR count). The second kappa shape index (κ2) is 4.20. The molecule has 0 bridgehead atoms. The number of alkyl halides is 3. The Morgan fingerprint density at radius 1 is 1.13 bits per heavy atom. The largest absolute Gasteiger partial charge is 0.417 e. The van der Waals surface area contributed by atoms with Gasteiger partial charge in [-0.25, -0.2) is 0 Å². The minimum atomic E-state index is -4.82. The molecule has 15 heavy (non-hydrogen) atoms. The number of halogens is 3. The molecule has 2 nitrogen and oxygen atoms in total. The molecule has 1 aromatic carbocycles. The lowest BCUT2D eigenvalue weighted by atomic mass is 9.99. The van der Waals surface area contributed by atoms with Crippen LogP contribution in [0.15, 0.2) is 24.3 Å². The Morgan fingerprint density at radius 3 is 2.13 bits per heavy atom. The summed E-state index contributed by atoms with van der Waals surface area (Å²) in [7, 11) is 0. The summed E-state index contributed by atoms with van der Waals surface area (Å²) in [6, 6.07) is 6.08. The lowest BCUT2D eigenvalue weighted by Crippen LogP contribution is -2.34. The van der Waals surface area contributed by atoms with Crippen LogP contribution in [0, 0.1) is 6.92 Å². The molecule has 2 atom stereocenters. The third kappa shape index (κ3) is 2.70. The third-order valence-electron chi connectivity index (χ3n) is 2.14. The van der Waals surface area contributed by atoms with Gasteiger partial charge in [0.15, 0.2) is 6.10 Å². The van der Waals surface area contributed by atoms with Gasteiger partial charge < -0.3 is 10.2 Å². The van der Waals surface area contributed by atoms with E-state index in [1.807, 2.05) is 0 Å². The van der Waals surface area contributed by atoms with Crippen molar-refractivity contribution < 1.29 is 23.4 Å². The van der Waals surface area contributed by atoms with E-state index in [1.165, 1.54) is 12.1 Å². The molecule has 0 saturated carbocycles. The van der Waals surface area contributed by atoms with Crippen LogP contribution < -0.4 is 0 Å². The average molecular weight is 220 g/mol. The van der Waals surface area contributed by atoms with E-state index in [0.717, 1.165) is 0 Å². The Balaban J connectivity index is 2.95. The monoisotopic (exact) mass is 220 g/mol. The van der Waals surface area contributed by atoms with Gasteiger partial charge in [0.2, 0.25) is 0 Å². The Morgan fingerprint density at radius 2 is 1.67 bits per heavy atom. The van der Waals surface area contributed by atoms with Crippen molar-refractivity contribution in [3.05, 3.63) is 35.4 Å². The van der Waals surface area contributed by atoms with Crippen molar-refractivity contribution >= 4 is 0 Å². The molecule has 0 aromatic heterocycles. The first-order valence-corrected chi connectivity index (χ1v) is 4.32. The summed E-state index contributed by atoms with van der Waals surface area (Å²) in [5, 5.41) is 18.2. The van der Waals surface area contributed by atoms with E-state index >= 15 is 0 Å². The summed E-state index contributed by atoms with van der Waals surface area (Å²) < 4.78 is 36.3. The fourth-order valence-electron chi connectivity index (χ4n) is 1.27. The fraction of sp³-hybridized carbons (Fsp3) is 0.400. The van der Waals surface area contributed by atoms with Crippen molar-refractivity contribution in [1.82, 2.24) is 0 Å². The van der Waals surface area contributed by atoms with Crippen molar-refractivity contribution in [2.45, 2.75) is 25.3 Å². The number of hydrogen-bond donors (Lipinski definition) is 2. The molecule has 0 fully saturated rings. The second-order valence-corrected chi connectivity index (χ2v) is 3.29. The minimum Gasteiger partial charge on any atom is -0.385 e. The molecule has 0 heterocycles. The van der Waals surface area contributed by atoms with Crippen LogP contribution in [0.3, 0.4) is 0 Å². The van der Waals surface area contributed by atoms with Crippen molar-refractivity contribution in [2.75, 3.05) is 0 Å². The molecule has 2 unspecified atom stereocenters. The molecule has 84 valence electrons. The lowest BCUT2D eigenvalue weighted by Gasteiger charge is -2.21. The van der Waals surface area contributed by atoms with Crippen molar-refractivity contribution in [2.24, 2.45) is 0 Å². The van der Waals surface area contributed by atoms with Crippen LogP contribution in [-0.2, 0) is 0 Å². The van der Waals surface area contributed by atoms with E-state index in [4.69, 9.17) is 5.11 Å². The number of aryl methyl sites for hydroxylation is 1. The molecule has 0 amide bonds. The predicted molar refractivity (Wildman–Crippen MR) is 48.2 cm³/mol. The summed E-state index contributed by atoms with van der Waals surface area (Å²) >= 11 is 0. The highest BCUT2D eigenvalue weighted by atomic mass is 19.4. The minimum absolute atomic E-state index is 0.0855. The topological polar surface area (TPSA) is 40.5 Å². The zero-order valence-corrected chi connectivity index (χ0v) is 7.99. The van der Waals surface area contributed by atoms with Crippen molar-refractivity contribution in [3.63, 3.8) is 0 Å². The van der Waals surface area contributed by atoms with Gasteiger partial charge in [-0.05, 0) is 18.1 Å². The first-order chi connectivity index (χ1) is 6.84. The van der Waals surface area contributed by atoms with E-state index < -0.39 is 18.4 Å². The summed E-state index contributed by atoms with van der Waals surface area (Å²) in [6.45, 7) is 1.57. The fourth-order valence-corrected chi connectivity index (χ4v) is 1.27. The van der Waals surface area contributed by atoms with E-state index in [9.17, 15) is 18.3 Å². The van der Waals surface area contributed by atoms with Crippen molar-refractivity contribution in [1.29, 1.82) is 0 Å². The maximum Gasteiger partial charge on any atom is 0.417 e. The molecule has 0 aliphatic heterocycles. The van der Waals surface area contributed by atoms with E-state index in [2.05, 4.69) is 0 Å². The number of aliphatic hydroxyl groups excluding tert-OH is 2. The summed E-state index contributed by atoms with van der Waals surface area (Å²) in [6.07, 6.45) is -9.51. The van der Waals surface area contributed by atoms with Gasteiger partial charge in [0.25, 0.3) is 0 Å². The SMILES string of the molecule is Cc1ccccc1C(O)C(O)C(F)(F)F. The van der Waals surface area contributed by atoms with Crippen LogP contribution >= 0.6 is 0 Å². The maximum atomic E-state index is 12.1. The third-order valence-corrected chi connectivity index (χ3v) is 2.14. The van der Waals surface area contributed by atoms with Gasteiger partial charge >= 0.3 is 6.18 Å². The van der Waals surface area contributed by atoms with Gasteiger partial charge in [-0.2, -0.15) is 13.2 Å². The highest BCUT2D eigenvalue weighted by Gasteiger charge is 2.43. The summed E-state index contributed by atoms with van der Waals surface area (Å²) in [5.41, 5.74) is 0.593. The van der Waals surface area contributed by atoms with Crippen LogP contribution in [0.1, 0.15) is 17.2 Å². The van der Waals surface area contributed by atoms with Gasteiger partial charge in [-0.15, -0.1) is 0 Å². The van der Waals surface area contributed by atoms with E-state index in [1.54, 1.807) is 19.1 Å². The summed E-state index contributed by atoms with van der Waals surface area (Å²) in [4.78, 5) is 0. The molecule has 0 saturated heterocycles. The predicted octanol–water partition coefficient (Wildman–Crippen LogP) is 1.95. The molecular formula is C10H11F3O2. The molecule has 0 aliphatic rings. The van der Waals surface area contributed by atoms with Crippen LogP contribution in [-0.4, -0.2) is 22.5 Å². The Kier molecular flexibility index (Phi) is 3.36. The lowest BCUT2D eigenvalue weighted by molar-refractivity contribution is -0.231. The highest BCUT2D eigenvalue weighted by molar-refractivity contribution is 5.28. The summed E-state index contributed by atoms with van der Waals surface area (Å²) in [5.74, 6) is 0. The number of hydrogen-bond acceptors (Lipinski definition) is 2. The zero-order chi connectivity index (χ0) is 11.6. The average Bonchev–Trinajstić information content (AvgIpc) is 2.15. The molecule has 0 aliphatic carbocycles. The normalized spacial score (nSPS) is 16.1. The molecule has 0 radical (unpaired) electrons. The van der Waals surface area contributed by atoms with Crippen LogP contribution in [0.25, 0.3) is 0 Å². The Labute approximate surface area is 85.0 Å². The van der Waals surface area contributed by atoms with Gasteiger partial charge in [-0.1, -0.05) is 24.3 Å². The standard InChI is InChI=1S/C10H11F3O2/c1-6-4-2-3-5-7(6)8(14)9(15)10(11,12)13/h2-5,8-9,14-15H,1H3. The molecule has 1 aromatic rings. The first kappa shape index (κ1) is 12.0. The molecule has 5 heteroatoms. The van der Waals surface area contributed by atoms with Crippen LogP contribution in [0.5, 0.6) is 0 Å². The number of rotatable bonds is 2. The maximum absolute atomic E-state index is 12.1. The van der Waals surface area contributed by atoms with Gasteiger partial charge in [-0.3, -0.25) is 0 Å². The van der Waals surface area contributed by atoms with Gasteiger partial charge in [0, 0.05) is 0 Å². The van der Waals surface area contributed by atoms with Gasteiger partial charge in [0.1, 0.15) is 6.10 Å².